The molecule has 1 fully saturated rings. The molecule has 0 aromatic carbocycles. The average molecular weight is 311 g/mol. The molecule has 21 heavy (non-hydrogen) atoms. The lowest BCUT2D eigenvalue weighted by Gasteiger charge is -2.33. The van der Waals surface area contributed by atoms with Crippen molar-refractivity contribution < 1.29 is 14.3 Å². The number of carbonyl (C=O) groups excluding carboxylic acids is 2. The predicted octanol–water partition coefficient (Wildman–Crippen LogP) is 1.89. The number of rotatable bonds is 6. The summed E-state index contributed by atoms with van der Waals surface area (Å²) in [6.45, 7) is 0.0769. The smallest absolute Gasteiger partial charge is 0.249 e. The lowest BCUT2D eigenvalue weighted by Crippen LogP contribution is -2.47. The largest absolute Gasteiger partial charge is 0.375 e. The quantitative estimate of drug-likeness (QED) is 0.871. The molecule has 1 saturated carbocycles. The lowest BCUT2D eigenvalue weighted by molar-refractivity contribution is -0.141. The topological polar surface area (TPSA) is 71.5 Å². The Hall–Kier alpha value is -1.47. The van der Waals surface area contributed by atoms with Crippen molar-refractivity contribution in [1.82, 2.24) is 9.88 Å². The molecule has 0 radical (unpaired) electrons. The maximum atomic E-state index is 12.2. The van der Waals surface area contributed by atoms with E-state index in [1.807, 2.05) is 0 Å². The third-order valence-corrected chi connectivity index (χ3v) is 4.28. The maximum absolute atomic E-state index is 12.2. The molecule has 2 amide bonds. The summed E-state index contributed by atoms with van der Waals surface area (Å²) in [5, 5.41) is 5.08. The fourth-order valence-corrected chi connectivity index (χ4v) is 3.16. The Morgan fingerprint density at radius 1 is 1.43 bits per heavy atom. The van der Waals surface area contributed by atoms with Crippen LogP contribution in [0.5, 0.6) is 0 Å². The molecule has 0 aliphatic heterocycles. The van der Waals surface area contributed by atoms with Crippen LogP contribution in [0.1, 0.15) is 32.1 Å². The highest BCUT2D eigenvalue weighted by Gasteiger charge is 2.27. The number of hydrogen-bond acceptors (Lipinski definition) is 5. The van der Waals surface area contributed by atoms with Crippen molar-refractivity contribution in [2.75, 3.05) is 25.6 Å². The van der Waals surface area contributed by atoms with Crippen LogP contribution in [0, 0.1) is 0 Å². The molecule has 116 valence electrons. The van der Waals surface area contributed by atoms with E-state index in [9.17, 15) is 9.59 Å². The highest BCUT2D eigenvalue weighted by molar-refractivity contribution is 7.13. The van der Waals surface area contributed by atoms with Gasteiger partial charge in [-0.05, 0) is 12.8 Å². The zero-order valence-corrected chi connectivity index (χ0v) is 13.0. The molecule has 0 atom stereocenters. The van der Waals surface area contributed by atoms with E-state index in [0.29, 0.717) is 5.13 Å². The van der Waals surface area contributed by atoms with Crippen LogP contribution in [0.25, 0.3) is 0 Å². The van der Waals surface area contributed by atoms with Gasteiger partial charge in [0.1, 0.15) is 13.2 Å². The molecule has 0 spiro atoms. The van der Waals surface area contributed by atoms with E-state index in [2.05, 4.69) is 10.3 Å². The van der Waals surface area contributed by atoms with Gasteiger partial charge in [0.05, 0.1) is 0 Å². The zero-order valence-electron chi connectivity index (χ0n) is 12.2. The molecule has 1 aromatic heterocycles. The molecular weight excluding hydrogens is 290 g/mol. The van der Waals surface area contributed by atoms with Crippen LogP contribution < -0.4 is 5.32 Å². The molecule has 0 unspecified atom stereocenters. The molecule has 1 heterocycles. The van der Waals surface area contributed by atoms with Crippen molar-refractivity contribution in [2.24, 2.45) is 0 Å². The van der Waals surface area contributed by atoms with Gasteiger partial charge in [0.15, 0.2) is 5.13 Å². The van der Waals surface area contributed by atoms with Crippen LogP contribution in [0.4, 0.5) is 5.13 Å². The highest BCUT2D eigenvalue weighted by Crippen LogP contribution is 2.23. The van der Waals surface area contributed by atoms with Gasteiger partial charge in [-0.1, -0.05) is 19.3 Å². The van der Waals surface area contributed by atoms with Crippen molar-refractivity contribution in [1.29, 1.82) is 0 Å². The minimum atomic E-state index is -0.208. The number of hydrogen-bond donors (Lipinski definition) is 1. The Morgan fingerprint density at radius 2 is 2.19 bits per heavy atom. The van der Waals surface area contributed by atoms with Gasteiger partial charge in [0.2, 0.25) is 11.8 Å². The minimum Gasteiger partial charge on any atom is -0.375 e. The second-order valence-electron chi connectivity index (χ2n) is 5.13. The SMILES string of the molecule is COCC(=O)N(CC(=O)Nc1nccs1)C1CCCCC1. The Kier molecular flexibility index (Phi) is 6.13. The number of aromatic nitrogens is 1. The van der Waals surface area contributed by atoms with Gasteiger partial charge in [0, 0.05) is 24.7 Å². The third-order valence-electron chi connectivity index (χ3n) is 3.60. The fraction of sp³-hybridized carbons (Fsp3) is 0.643. The molecule has 1 N–H and O–H groups in total. The van der Waals surface area contributed by atoms with Gasteiger partial charge in [-0.3, -0.25) is 9.59 Å². The molecule has 6 nitrogen and oxygen atoms in total. The monoisotopic (exact) mass is 311 g/mol. The fourth-order valence-electron chi connectivity index (χ4n) is 2.62. The minimum absolute atomic E-state index is 0.0149. The van der Waals surface area contributed by atoms with E-state index in [-0.39, 0.29) is 31.0 Å². The molecule has 1 aromatic rings. The van der Waals surface area contributed by atoms with Crippen molar-refractivity contribution in [3.8, 4) is 0 Å². The molecule has 1 aliphatic rings. The Balaban J connectivity index is 1.97. The number of ether oxygens (including phenoxy) is 1. The highest BCUT2D eigenvalue weighted by atomic mass is 32.1. The molecular formula is C14H21N3O3S. The summed E-state index contributed by atoms with van der Waals surface area (Å²) in [5.74, 6) is -0.335. The van der Waals surface area contributed by atoms with Crippen LogP contribution >= 0.6 is 11.3 Å². The molecule has 1 aliphatic carbocycles. The number of nitrogens with one attached hydrogen (secondary N) is 1. The standard InChI is InChI=1S/C14H21N3O3S/c1-20-10-13(19)17(11-5-3-2-4-6-11)9-12(18)16-14-15-7-8-21-14/h7-8,11H,2-6,9-10H2,1H3,(H,15,16,18). The first-order chi connectivity index (χ1) is 10.2. The van der Waals surface area contributed by atoms with Crippen LogP contribution in [0.3, 0.4) is 0 Å². The van der Waals surface area contributed by atoms with Gasteiger partial charge >= 0.3 is 0 Å². The maximum Gasteiger partial charge on any atom is 0.249 e. The number of methoxy groups -OCH3 is 1. The van der Waals surface area contributed by atoms with Crippen molar-refractivity contribution >= 4 is 28.3 Å². The Labute approximate surface area is 128 Å². The summed E-state index contributed by atoms with van der Waals surface area (Å²) < 4.78 is 4.93. The molecule has 2 rings (SSSR count). The molecule has 0 saturated heterocycles. The number of thiazole rings is 1. The van der Waals surface area contributed by atoms with Crippen LogP contribution in [0.2, 0.25) is 0 Å². The lowest BCUT2D eigenvalue weighted by atomic mass is 9.94. The van der Waals surface area contributed by atoms with E-state index in [4.69, 9.17) is 4.74 Å². The number of anilines is 1. The summed E-state index contributed by atoms with van der Waals surface area (Å²) in [6, 6.07) is 0.142. The second-order valence-corrected chi connectivity index (χ2v) is 6.03. The first kappa shape index (κ1) is 15.9. The number of amides is 2. The summed E-state index contributed by atoms with van der Waals surface area (Å²) >= 11 is 1.36. The van der Waals surface area contributed by atoms with Crippen LogP contribution in [-0.2, 0) is 14.3 Å². The van der Waals surface area contributed by atoms with E-state index >= 15 is 0 Å². The van der Waals surface area contributed by atoms with Crippen molar-refractivity contribution in [3.63, 3.8) is 0 Å². The van der Waals surface area contributed by atoms with Gasteiger partial charge < -0.3 is 15.0 Å². The van der Waals surface area contributed by atoms with E-state index < -0.39 is 0 Å². The normalized spacial score (nSPS) is 15.7. The third kappa shape index (κ3) is 4.78. The van der Waals surface area contributed by atoms with E-state index in [0.717, 1.165) is 25.7 Å². The van der Waals surface area contributed by atoms with Gasteiger partial charge in [0.25, 0.3) is 0 Å². The Morgan fingerprint density at radius 3 is 2.81 bits per heavy atom. The van der Waals surface area contributed by atoms with Gasteiger partial charge in [-0.2, -0.15) is 0 Å². The molecule has 7 heteroatoms. The summed E-state index contributed by atoms with van der Waals surface area (Å²) in [7, 11) is 1.49. The van der Waals surface area contributed by atoms with E-state index in [1.54, 1.807) is 16.5 Å². The second kappa shape index (κ2) is 8.09. The van der Waals surface area contributed by atoms with Gasteiger partial charge in [-0.15, -0.1) is 11.3 Å². The molecule has 0 bridgehead atoms. The van der Waals surface area contributed by atoms with Crippen molar-refractivity contribution in [2.45, 2.75) is 38.1 Å². The zero-order chi connectivity index (χ0) is 15.1. The summed E-state index contributed by atoms with van der Waals surface area (Å²) in [6.07, 6.45) is 6.97. The first-order valence-electron chi connectivity index (χ1n) is 7.18. The number of carbonyl (C=O) groups is 2. The van der Waals surface area contributed by atoms with Crippen LogP contribution in [0.15, 0.2) is 11.6 Å². The summed E-state index contributed by atoms with van der Waals surface area (Å²) in [5.41, 5.74) is 0. The number of nitrogens with zero attached hydrogens (tertiary/aromatic N) is 2. The van der Waals surface area contributed by atoms with E-state index in [1.165, 1.54) is 24.9 Å². The predicted molar refractivity (Wildman–Crippen MR) is 81.2 cm³/mol. The first-order valence-corrected chi connectivity index (χ1v) is 8.06. The van der Waals surface area contributed by atoms with Gasteiger partial charge in [-0.25, -0.2) is 4.98 Å². The van der Waals surface area contributed by atoms with Crippen LogP contribution in [-0.4, -0.2) is 48.0 Å². The average Bonchev–Trinajstić information content (AvgIpc) is 2.98. The van der Waals surface area contributed by atoms with Crippen molar-refractivity contribution in [3.05, 3.63) is 11.6 Å². The summed E-state index contributed by atoms with van der Waals surface area (Å²) in [4.78, 5) is 30.0. The Bertz CT molecular complexity index is 458.